The minimum absolute atomic E-state index is 0.0885. The van der Waals surface area contributed by atoms with Crippen molar-refractivity contribution in [3.05, 3.63) is 69.9 Å². The molecule has 2 N–H and O–H groups in total. The van der Waals surface area contributed by atoms with E-state index in [0.717, 1.165) is 47.0 Å². The van der Waals surface area contributed by atoms with Gasteiger partial charge in [-0.25, -0.2) is 4.79 Å². The van der Waals surface area contributed by atoms with Crippen LogP contribution >= 0.6 is 0 Å². The van der Waals surface area contributed by atoms with Gasteiger partial charge in [0.25, 0.3) is 5.69 Å². The van der Waals surface area contributed by atoms with Gasteiger partial charge in [0.1, 0.15) is 5.75 Å². The Labute approximate surface area is 174 Å². The van der Waals surface area contributed by atoms with Crippen LogP contribution < -0.4 is 10.1 Å². The lowest BCUT2D eigenvalue weighted by Gasteiger charge is -2.07. The lowest BCUT2D eigenvalue weighted by atomic mass is 10.1. The van der Waals surface area contributed by atoms with Crippen LogP contribution in [0.1, 0.15) is 24.0 Å². The molecular weight excluding hydrogens is 386 g/mol. The number of non-ortho nitro benzene ring substituents is 1. The van der Waals surface area contributed by atoms with Gasteiger partial charge in [-0.15, -0.1) is 0 Å². The Morgan fingerprint density at radius 1 is 1.13 bits per heavy atom. The van der Waals surface area contributed by atoms with Gasteiger partial charge in [0.2, 0.25) is 0 Å². The molecule has 2 aromatic carbocycles. The SMILES string of the molecule is COc1ccc2[nH]cc(CCNC(=O)OCCCCc3ccc([N+](=O)[O-])cc3)c2c1. The topological polar surface area (TPSA) is 106 Å². The first-order chi connectivity index (χ1) is 14.6. The monoisotopic (exact) mass is 411 g/mol. The largest absolute Gasteiger partial charge is 0.497 e. The summed E-state index contributed by atoms with van der Waals surface area (Å²) in [5.41, 5.74) is 3.25. The number of ether oxygens (including phenoxy) is 2. The number of carbonyl (C=O) groups excluding carboxylic acids is 1. The molecule has 30 heavy (non-hydrogen) atoms. The lowest BCUT2D eigenvalue weighted by Crippen LogP contribution is -2.26. The van der Waals surface area contributed by atoms with Crippen molar-refractivity contribution in [2.75, 3.05) is 20.3 Å². The molecule has 0 radical (unpaired) electrons. The quantitative estimate of drug-likeness (QED) is 0.293. The van der Waals surface area contributed by atoms with Crippen molar-refractivity contribution >= 4 is 22.7 Å². The maximum atomic E-state index is 11.8. The number of hydrogen-bond donors (Lipinski definition) is 2. The third kappa shape index (κ3) is 5.73. The second-order valence-electron chi connectivity index (χ2n) is 6.92. The van der Waals surface area contributed by atoms with Crippen LogP contribution in [-0.4, -0.2) is 36.3 Å². The molecule has 1 aromatic heterocycles. The van der Waals surface area contributed by atoms with Gasteiger partial charge in [0, 0.05) is 35.8 Å². The predicted molar refractivity (Wildman–Crippen MR) is 114 cm³/mol. The van der Waals surface area contributed by atoms with E-state index >= 15 is 0 Å². The summed E-state index contributed by atoms with van der Waals surface area (Å²) in [4.78, 5) is 25.3. The fourth-order valence-corrected chi connectivity index (χ4v) is 3.22. The van der Waals surface area contributed by atoms with Crippen molar-refractivity contribution in [3.8, 4) is 5.75 Å². The van der Waals surface area contributed by atoms with Crippen molar-refractivity contribution in [3.63, 3.8) is 0 Å². The highest BCUT2D eigenvalue weighted by Crippen LogP contribution is 2.23. The molecule has 0 bridgehead atoms. The van der Waals surface area contributed by atoms with Crippen LogP contribution in [0.5, 0.6) is 5.75 Å². The molecule has 0 unspecified atom stereocenters. The molecule has 1 amide bonds. The number of nitrogens with zero attached hydrogens (tertiary/aromatic N) is 1. The summed E-state index contributed by atoms with van der Waals surface area (Å²) in [7, 11) is 1.64. The van der Waals surface area contributed by atoms with Gasteiger partial charge >= 0.3 is 6.09 Å². The number of methoxy groups -OCH3 is 1. The number of unbranched alkanes of at least 4 members (excludes halogenated alkanes) is 1. The molecule has 0 aliphatic carbocycles. The normalized spacial score (nSPS) is 10.7. The standard InChI is InChI=1S/C22H25N3O5/c1-29-19-9-10-21-20(14-19)17(15-24-21)11-12-23-22(26)30-13-3-2-4-16-5-7-18(8-6-16)25(27)28/h5-10,14-15,24H,2-4,11-13H2,1H3,(H,23,26). The van der Waals surface area contributed by atoms with Gasteiger partial charge in [-0.05, 0) is 55.0 Å². The number of nitrogens with one attached hydrogen (secondary N) is 2. The number of benzene rings is 2. The van der Waals surface area contributed by atoms with Crippen LogP contribution in [-0.2, 0) is 17.6 Å². The fraction of sp³-hybridized carbons (Fsp3) is 0.318. The molecule has 0 saturated heterocycles. The minimum Gasteiger partial charge on any atom is -0.497 e. The number of hydrogen-bond acceptors (Lipinski definition) is 5. The highest BCUT2D eigenvalue weighted by Gasteiger charge is 2.07. The van der Waals surface area contributed by atoms with Crippen molar-refractivity contribution in [2.24, 2.45) is 0 Å². The summed E-state index contributed by atoms with van der Waals surface area (Å²) >= 11 is 0. The van der Waals surface area contributed by atoms with Crippen molar-refractivity contribution in [2.45, 2.75) is 25.7 Å². The molecule has 3 rings (SSSR count). The van der Waals surface area contributed by atoms with Gasteiger partial charge in [0.05, 0.1) is 18.6 Å². The zero-order valence-electron chi connectivity index (χ0n) is 16.8. The van der Waals surface area contributed by atoms with Crippen LogP contribution in [0.2, 0.25) is 0 Å². The Hall–Kier alpha value is -3.55. The van der Waals surface area contributed by atoms with E-state index in [1.54, 1.807) is 19.2 Å². The van der Waals surface area contributed by atoms with E-state index in [4.69, 9.17) is 9.47 Å². The third-order valence-corrected chi connectivity index (χ3v) is 4.88. The Bertz CT molecular complexity index is 998. The van der Waals surface area contributed by atoms with E-state index in [2.05, 4.69) is 10.3 Å². The van der Waals surface area contributed by atoms with Gasteiger partial charge in [-0.3, -0.25) is 10.1 Å². The average molecular weight is 411 g/mol. The zero-order chi connectivity index (χ0) is 21.3. The molecule has 0 aliphatic heterocycles. The molecule has 0 aliphatic rings. The number of amides is 1. The Morgan fingerprint density at radius 2 is 1.93 bits per heavy atom. The Balaban J connectivity index is 1.32. The summed E-state index contributed by atoms with van der Waals surface area (Å²) in [5.74, 6) is 0.796. The van der Waals surface area contributed by atoms with Gasteiger partial charge < -0.3 is 19.8 Å². The number of alkyl carbamates (subject to hydrolysis) is 1. The number of aromatic amines is 1. The molecule has 3 aromatic rings. The molecule has 8 heteroatoms. The summed E-state index contributed by atoms with van der Waals surface area (Å²) < 4.78 is 10.5. The van der Waals surface area contributed by atoms with E-state index in [1.807, 2.05) is 24.4 Å². The second kappa shape index (κ2) is 10.3. The van der Waals surface area contributed by atoms with E-state index in [9.17, 15) is 14.9 Å². The van der Waals surface area contributed by atoms with Crippen LogP contribution in [0.4, 0.5) is 10.5 Å². The van der Waals surface area contributed by atoms with Crippen LogP contribution in [0, 0.1) is 10.1 Å². The number of aromatic nitrogens is 1. The van der Waals surface area contributed by atoms with Crippen molar-refractivity contribution < 1.29 is 19.2 Å². The summed E-state index contributed by atoms with van der Waals surface area (Å²) in [5, 5.41) is 14.5. The maximum Gasteiger partial charge on any atom is 0.407 e. The Morgan fingerprint density at radius 3 is 2.67 bits per heavy atom. The zero-order valence-corrected chi connectivity index (χ0v) is 16.8. The smallest absolute Gasteiger partial charge is 0.407 e. The number of fused-ring (bicyclic) bond motifs is 1. The number of nitro benzene ring substituents is 1. The third-order valence-electron chi connectivity index (χ3n) is 4.88. The molecule has 0 atom stereocenters. The maximum absolute atomic E-state index is 11.8. The second-order valence-corrected chi connectivity index (χ2v) is 6.92. The highest BCUT2D eigenvalue weighted by molar-refractivity contribution is 5.84. The Kier molecular flexibility index (Phi) is 7.26. The summed E-state index contributed by atoms with van der Waals surface area (Å²) in [6, 6.07) is 12.4. The van der Waals surface area contributed by atoms with Gasteiger partial charge in [0.15, 0.2) is 0 Å². The number of rotatable bonds is 10. The number of H-pyrrole nitrogens is 1. The van der Waals surface area contributed by atoms with Gasteiger partial charge in [-0.2, -0.15) is 0 Å². The average Bonchev–Trinajstić information content (AvgIpc) is 3.16. The number of aryl methyl sites for hydroxylation is 1. The lowest BCUT2D eigenvalue weighted by molar-refractivity contribution is -0.384. The molecule has 1 heterocycles. The summed E-state index contributed by atoms with van der Waals surface area (Å²) in [6.45, 7) is 0.814. The molecule has 0 spiro atoms. The predicted octanol–water partition coefficient (Wildman–Crippen LogP) is 4.38. The first-order valence-electron chi connectivity index (χ1n) is 9.85. The minimum atomic E-state index is -0.428. The molecule has 0 saturated carbocycles. The van der Waals surface area contributed by atoms with Gasteiger partial charge in [-0.1, -0.05) is 12.1 Å². The van der Waals surface area contributed by atoms with Crippen molar-refractivity contribution in [1.29, 1.82) is 0 Å². The number of nitro groups is 1. The van der Waals surface area contributed by atoms with E-state index < -0.39 is 11.0 Å². The molecule has 158 valence electrons. The number of carbonyl (C=O) groups is 1. The first-order valence-corrected chi connectivity index (χ1v) is 9.85. The van der Waals surface area contributed by atoms with Crippen molar-refractivity contribution in [1.82, 2.24) is 10.3 Å². The highest BCUT2D eigenvalue weighted by atomic mass is 16.6. The van der Waals surface area contributed by atoms with E-state index in [-0.39, 0.29) is 5.69 Å². The summed E-state index contributed by atoms with van der Waals surface area (Å²) in [6.07, 6.45) is 4.54. The van der Waals surface area contributed by atoms with Crippen LogP contribution in [0.3, 0.4) is 0 Å². The van der Waals surface area contributed by atoms with Crippen LogP contribution in [0.15, 0.2) is 48.7 Å². The molecule has 8 nitrogen and oxygen atoms in total. The first kappa shape index (κ1) is 21.2. The van der Waals surface area contributed by atoms with E-state index in [0.29, 0.717) is 19.6 Å². The molecule has 0 fully saturated rings. The van der Waals surface area contributed by atoms with Crippen LogP contribution in [0.25, 0.3) is 10.9 Å². The van der Waals surface area contributed by atoms with E-state index in [1.165, 1.54) is 12.1 Å². The molecular formula is C22H25N3O5. The fourth-order valence-electron chi connectivity index (χ4n) is 3.22.